The number of thiazole rings is 1. The first-order chi connectivity index (χ1) is 11.1. The molecule has 6 heteroatoms. The third-order valence-electron chi connectivity index (χ3n) is 3.53. The van der Waals surface area contributed by atoms with E-state index in [2.05, 4.69) is 17.7 Å². The Morgan fingerprint density at radius 3 is 2.48 bits per heavy atom. The zero-order valence-corrected chi connectivity index (χ0v) is 15.4. The van der Waals surface area contributed by atoms with Gasteiger partial charge in [0.1, 0.15) is 10.8 Å². The number of aromatic nitrogens is 1. The van der Waals surface area contributed by atoms with E-state index in [4.69, 9.17) is 26.7 Å². The molecule has 2 aromatic heterocycles. The number of benzene rings is 1. The van der Waals surface area contributed by atoms with Crippen LogP contribution in [0.4, 0.5) is 0 Å². The molecule has 0 saturated carbocycles. The summed E-state index contributed by atoms with van der Waals surface area (Å²) in [5.41, 5.74) is 4.29. The smallest absolute Gasteiger partial charge is 0.201 e. The van der Waals surface area contributed by atoms with Crippen LogP contribution in [-0.2, 0) is 4.74 Å². The highest BCUT2D eigenvalue weighted by Crippen LogP contribution is 2.35. The molecule has 0 radical (unpaired) electrons. The number of hydrogen-bond acceptors (Lipinski definition) is 6. The van der Waals surface area contributed by atoms with Crippen molar-refractivity contribution >= 4 is 39.9 Å². The molecule has 0 spiro atoms. The number of rotatable bonds is 4. The van der Waals surface area contributed by atoms with Gasteiger partial charge in [-0.05, 0) is 49.0 Å². The molecule has 0 bridgehead atoms. The molecule has 0 amide bonds. The normalized spacial score (nSPS) is 10.6. The first kappa shape index (κ1) is 16.1. The Balaban J connectivity index is 1.92. The van der Waals surface area contributed by atoms with Crippen LogP contribution < -0.4 is 4.74 Å². The number of hydrogen-bond donors (Lipinski definition) is 0. The Morgan fingerprint density at radius 1 is 1.09 bits per heavy atom. The number of thiophene rings is 1. The van der Waals surface area contributed by atoms with Gasteiger partial charge in [0, 0.05) is 21.9 Å². The molecule has 0 N–H and O–H groups in total. The summed E-state index contributed by atoms with van der Waals surface area (Å²) in [7, 11) is 3.27. The Bertz CT molecular complexity index is 834. The van der Waals surface area contributed by atoms with Crippen molar-refractivity contribution in [2.45, 2.75) is 6.92 Å². The summed E-state index contributed by atoms with van der Waals surface area (Å²) < 4.78 is 10.4. The molecule has 1 aromatic carbocycles. The topological polar surface area (TPSA) is 31.4 Å². The van der Waals surface area contributed by atoms with E-state index in [1.54, 1.807) is 36.9 Å². The molecule has 0 aliphatic heterocycles. The minimum Gasteiger partial charge on any atom is -0.497 e. The van der Waals surface area contributed by atoms with Crippen molar-refractivity contribution in [2.75, 3.05) is 14.2 Å². The van der Waals surface area contributed by atoms with E-state index in [-0.39, 0.29) is 0 Å². The average Bonchev–Trinajstić information content (AvgIpc) is 3.21. The second-order valence-electron chi connectivity index (χ2n) is 4.86. The largest absolute Gasteiger partial charge is 0.497 e. The van der Waals surface area contributed by atoms with Crippen LogP contribution in [0.15, 0.2) is 35.0 Å². The van der Waals surface area contributed by atoms with Crippen LogP contribution in [0.1, 0.15) is 10.4 Å². The van der Waals surface area contributed by atoms with Gasteiger partial charge >= 0.3 is 0 Å². The van der Waals surface area contributed by atoms with Crippen LogP contribution in [0.5, 0.6) is 5.75 Å². The summed E-state index contributed by atoms with van der Waals surface area (Å²) in [4.78, 5) is 5.76. The molecule has 118 valence electrons. The van der Waals surface area contributed by atoms with Gasteiger partial charge in [0.25, 0.3) is 0 Å². The fourth-order valence-corrected chi connectivity index (χ4v) is 4.48. The van der Waals surface area contributed by atoms with Crippen molar-refractivity contribution in [3.63, 3.8) is 0 Å². The lowest BCUT2D eigenvalue weighted by Gasteiger charge is -2.01. The van der Waals surface area contributed by atoms with Crippen molar-refractivity contribution in [1.29, 1.82) is 0 Å². The predicted octanol–water partition coefficient (Wildman–Crippen LogP) is 5.18. The van der Waals surface area contributed by atoms with Gasteiger partial charge in [-0.1, -0.05) is 0 Å². The van der Waals surface area contributed by atoms with Crippen LogP contribution >= 0.6 is 34.9 Å². The minimum absolute atomic E-state index is 0.533. The molecule has 0 atom stereocenters. The lowest BCUT2D eigenvalue weighted by molar-refractivity contribution is 0.415. The maximum Gasteiger partial charge on any atom is 0.201 e. The SMILES string of the molecule is COC(=S)c1scc(-c2nc(-c3ccc(OC)cc3)cs2)c1C. The molecule has 3 aromatic rings. The maximum atomic E-state index is 5.24. The molecule has 23 heavy (non-hydrogen) atoms. The Labute approximate surface area is 148 Å². The van der Waals surface area contributed by atoms with E-state index >= 15 is 0 Å². The summed E-state index contributed by atoms with van der Waals surface area (Å²) >= 11 is 8.47. The number of methoxy groups -OCH3 is 2. The zero-order valence-electron chi connectivity index (χ0n) is 13.0. The molecule has 0 fully saturated rings. The third kappa shape index (κ3) is 3.15. The minimum atomic E-state index is 0.533. The fraction of sp³-hybridized carbons (Fsp3) is 0.176. The Kier molecular flexibility index (Phi) is 4.75. The van der Waals surface area contributed by atoms with Gasteiger partial charge in [-0.3, -0.25) is 0 Å². The monoisotopic (exact) mass is 361 g/mol. The summed E-state index contributed by atoms with van der Waals surface area (Å²) in [6, 6.07) is 7.92. The number of thiocarbonyl (C=S) groups is 1. The van der Waals surface area contributed by atoms with Crippen molar-refractivity contribution in [2.24, 2.45) is 0 Å². The van der Waals surface area contributed by atoms with Crippen molar-refractivity contribution in [1.82, 2.24) is 4.98 Å². The molecule has 0 aliphatic carbocycles. The lowest BCUT2D eigenvalue weighted by atomic mass is 10.1. The van der Waals surface area contributed by atoms with Gasteiger partial charge in [-0.2, -0.15) is 0 Å². The second kappa shape index (κ2) is 6.78. The van der Waals surface area contributed by atoms with Crippen LogP contribution in [0.25, 0.3) is 21.8 Å². The standard InChI is InChI=1S/C17H15NO2S3/c1-10-13(8-22-15(10)17(21)20-3)16-18-14(9-23-16)11-4-6-12(19-2)7-5-11/h4-9H,1-3H3. The van der Waals surface area contributed by atoms with Crippen molar-refractivity contribution in [3.8, 4) is 27.6 Å². The molecule has 3 nitrogen and oxygen atoms in total. The number of ether oxygens (including phenoxy) is 2. The molecular formula is C17H15NO2S3. The Morgan fingerprint density at radius 2 is 1.83 bits per heavy atom. The highest BCUT2D eigenvalue weighted by molar-refractivity contribution is 7.80. The average molecular weight is 362 g/mol. The Hall–Kier alpha value is -1.76. The van der Waals surface area contributed by atoms with Crippen LogP contribution in [0.3, 0.4) is 0 Å². The van der Waals surface area contributed by atoms with E-state index in [9.17, 15) is 0 Å². The van der Waals surface area contributed by atoms with Gasteiger partial charge in [-0.15, -0.1) is 22.7 Å². The van der Waals surface area contributed by atoms with E-state index in [1.807, 2.05) is 24.3 Å². The van der Waals surface area contributed by atoms with Gasteiger partial charge in [0.05, 0.1) is 24.8 Å². The summed E-state index contributed by atoms with van der Waals surface area (Å²) in [6.45, 7) is 2.06. The molecule has 2 heterocycles. The molecule has 0 unspecified atom stereocenters. The van der Waals surface area contributed by atoms with Crippen LogP contribution in [0, 0.1) is 6.92 Å². The maximum absolute atomic E-state index is 5.24. The van der Waals surface area contributed by atoms with E-state index in [0.29, 0.717) is 5.05 Å². The lowest BCUT2D eigenvalue weighted by Crippen LogP contribution is -1.98. The van der Waals surface area contributed by atoms with E-state index < -0.39 is 0 Å². The predicted molar refractivity (Wildman–Crippen MR) is 101 cm³/mol. The van der Waals surface area contributed by atoms with Gasteiger partial charge < -0.3 is 9.47 Å². The molecule has 0 aliphatic rings. The van der Waals surface area contributed by atoms with E-state index in [1.165, 1.54) is 0 Å². The van der Waals surface area contributed by atoms with Crippen LogP contribution in [-0.4, -0.2) is 24.3 Å². The second-order valence-corrected chi connectivity index (χ2v) is 6.97. The molecule has 0 saturated heterocycles. The van der Waals surface area contributed by atoms with Crippen LogP contribution in [0.2, 0.25) is 0 Å². The zero-order chi connectivity index (χ0) is 16.4. The molecular weight excluding hydrogens is 346 g/mol. The highest BCUT2D eigenvalue weighted by atomic mass is 32.1. The summed E-state index contributed by atoms with van der Waals surface area (Å²) in [5.74, 6) is 0.843. The number of nitrogens with zero attached hydrogens (tertiary/aromatic N) is 1. The van der Waals surface area contributed by atoms with Gasteiger partial charge in [0.15, 0.2) is 0 Å². The van der Waals surface area contributed by atoms with Gasteiger partial charge in [-0.25, -0.2) is 4.98 Å². The summed E-state index contributed by atoms with van der Waals surface area (Å²) in [5, 5.41) is 5.69. The fourth-order valence-electron chi connectivity index (χ4n) is 2.21. The van der Waals surface area contributed by atoms with Crippen molar-refractivity contribution < 1.29 is 9.47 Å². The van der Waals surface area contributed by atoms with Gasteiger partial charge in [0.2, 0.25) is 5.05 Å². The van der Waals surface area contributed by atoms with E-state index in [0.717, 1.165) is 38.0 Å². The molecule has 3 rings (SSSR count). The van der Waals surface area contributed by atoms with Crippen molar-refractivity contribution in [3.05, 3.63) is 45.5 Å². The first-order valence-electron chi connectivity index (χ1n) is 6.90. The quantitative estimate of drug-likeness (QED) is 0.599. The third-order valence-corrected chi connectivity index (χ3v) is 5.99. The first-order valence-corrected chi connectivity index (χ1v) is 9.07. The highest BCUT2D eigenvalue weighted by Gasteiger charge is 2.16. The summed E-state index contributed by atoms with van der Waals surface area (Å²) in [6.07, 6.45) is 0.